The number of ether oxygens (including phenoxy) is 1. The van der Waals surface area contributed by atoms with Gasteiger partial charge in [0, 0.05) is 5.69 Å². The molecule has 1 saturated carbocycles. The van der Waals surface area contributed by atoms with Gasteiger partial charge in [0.15, 0.2) is 0 Å². The molecule has 2 aromatic carbocycles. The van der Waals surface area contributed by atoms with Crippen molar-refractivity contribution in [2.45, 2.75) is 25.8 Å². The van der Waals surface area contributed by atoms with E-state index in [-0.39, 0.29) is 11.9 Å². The third-order valence-corrected chi connectivity index (χ3v) is 4.06. The summed E-state index contributed by atoms with van der Waals surface area (Å²) < 4.78 is 18.9. The average Bonchev–Trinajstić information content (AvgIpc) is 3.33. The van der Waals surface area contributed by atoms with E-state index in [2.05, 4.69) is 17.4 Å². The molecule has 21 heavy (non-hydrogen) atoms. The fraction of sp³-hybridized carbons (Fsp3) is 0.333. The highest BCUT2D eigenvalue weighted by atomic mass is 19.1. The molecule has 1 aliphatic carbocycles. The number of benzene rings is 2. The average molecular weight is 285 g/mol. The van der Waals surface area contributed by atoms with Crippen LogP contribution in [0.5, 0.6) is 5.75 Å². The Balaban J connectivity index is 1.82. The molecule has 0 amide bonds. The van der Waals surface area contributed by atoms with Gasteiger partial charge < -0.3 is 10.1 Å². The summed E-state index contributed by atoms with van der Waals surface area (Å²) in [6, 6.07) is 13.7. The monoisotopic (exact) mass is 285 g/mol. The minimum Gasteiger partial charge on any atom is -0.497 e. The van der Waals surface area contributed by atoms with Gasteiger partial charge in [-0.2, -0.15) is 0 Å². The summed E-state index contributed by atoms with van der Waals surface area (Å²) in [5, 5.41) is 3.48. The Kier molecular flexibility index (Phi) is 3.82. The molecule has 3 heteroatoms. The van der Waals surface area contributed by atoms with Crippen LogP contribution in [-0.4, -0.2) is 7.11 Å². The minimum atomic E-state index is -0.163. The maximum Gasteiger partial charge on any atom is 0.128 e. The number of hydrogen-bond donors (Lipinski definition) is 1. The molecule has 1 atom stereocenters. The summed E-state index contributed by atoms with van der Waals surface area (Å²) in [6.07, 6.45) is 2.44. The van der Waals surface area contributed by atoms with Gasteiger partial charge in [-0.1, -0.05) is 18.2 Å². The quantitative estimate of drug-likeness (QED) is 0.859. The third kappa shape index (κ3) is 3.18. The maximum atomic E-state index is 13.7. The van der Waals surface area contributed by atoms with Crippen LogP contribution < -0.4 is 10.1 Å². The number of anilines is 1. The second-order valence-electron chi connectivity index (χ2n) is 5.70. The van der Waals surface area contributed by atoms with Crippen molar-refractivity contribution in [1.29, 1.82) is 0 Å². The van der Waals surface area contributed by atoms with Crippen molar-refractivity contribution >= 4 is 5.69 Å². The third-order valence-electron chi connectivity index (χ3n) is 4.06. The van der Waals surface area contributed by atoms with Gasteiger partial charge in [0.2, 0.25) is 0 Å². The number of methoxy groups -OCH3 is 1. The number of halogens is 1. The second-order valence-corrected chi connectivity index (χ2v) is 5.70. The molecular weight excluding hydrogens is 265 g/mol. The van der Waals surface area contributed by atoms with Gasteiger partial charge >= 0.3 is 0 Å². The highest BCUT2D eigenvalue weighted by Crippen LogP contribution is 2.43. The molecule has 0 radical (unpaired) electrons. The SMILES string of the molecule is COc1ccc(C(Nc2ccc(C)c(F)c2)C2CC2)cc1. The van der Waals surface area contributed by atoms with Crippen molar-refractivity contribution in [1.82, 2.24) is 0 Å². The molecule has 0 heterocycles. The van der Waals surface area contributed by atoms with Crippen molar-refractivity contribution in [2.75, 3.05) is 12.4 Å². The first kappa shape index (κ1) is 13.9. The maximum absolute atomic E-state index is 13.7. The van der Waals surface area contributed by atoms with Gasteiger partial charge in [-0.05, 0) is 61.1 Å². The summed E-state index contributed by atoms with van der Waals surface area (Å²) in [6.45, 7) is 1.78. The molecule has 2 aromatic rings. The number of aryl methyl sites for hydroxylation is 1. The fourth-order valence-corrected chi connectivity index (χ4v) is 2.58. The van der Waals surface area contributed by atoms with E-state index in [1.807, 2.05) is 24.3 Å². The molecule has 1 N–H and O–H groups in total. The molecule has 0 aromatic heterocycles. The van der Waals surface area contributed by atoms with Crippen molar-refractivity contribution in [3.63, 3.8) is 0 Å². The molecule has 1 fully saturated rings. The Morgan fingerprint density at radius 3 is 2.43 bits per heavy atom. The summed E-state index contributed by atoms with van der Waals surface area (Å²) in [5.41, 5.74) is 2.73. The number of rotatable bonds is 5. The molecular formula is C18H20FNO. The zero-order valence-electron chi connectivity index (χ0n) is 12.4. The molecule has 1 aliphatic rings. The molecule has 110 valence electrons. The Hall–Kier alpha value is -2.03. The Labute approximate surface area is 125 Å². The van der Waals surface area contributed by atoms with E-state index in [0.29, 0.717) is 11.5 Å². The first-order valence-corrected chi connectivity index (χ1v) is 7.34. The Bertz CT molecular complexity index is 620. The summed E-state index contributed by atoms with van der Waals surface area (Å²) in [5.74, 6) is 1.32. The van der Waals surface area contributed by atoms with E-state index < -0.39 is 0 Å². The van der Waals surface area contributed by atoms with Crippen molar-refractivity contribution < 1.29 is 9.13 Å². The summed E-state index contributed by atoms with van der Waals surface area (Å²) in [4.78, 5) is 0. The van der Waals surface area contributed by atoms with Gasteiger partial charge in [-0.25, -0.2) is 4.39 Å². The summed E-state index contributed by atoms with van der Waals surface area (Å²) >= 11 is 0. The zero-order chi connectivity index (χ0) is 14.8. The standard InChI is InChI=1S/C18H20FNO/c1-12-3-8-15(11-17(12)19)20-18(13-4-5-13)14-6-9-16(21-2)10-7-14/h3,6-11,13,18,20H,4-5H2,1-2H3. The first-order valence-electron chi connectivity index (χ1n) is 7.34. The number of hydrogen-bond acceptors (Lipinski definition) is 2. The Morgan fingerprint density at radius 2 is 1.86 bits per heavy atom. The van der Waals surface area contributed by atoms with E-state index in [1.165, 1.54) is 18.4 Å². The van der Waals surface area contributed by atoms with Crippen LogP contribution >= 0.6 is 0 Å². The second kappa shape index (κ2) is 5.76. The van der Waals surface area contributed by atoms with Crippen LogP contribution in [0.4, 0.5) is 10.1 Å². The summed E-state index contributed by atoms with van der Waals surface area (Å²) in [7, 11) is 1.67. The highest BCUT2D eigenvalue weighted by Gasteiger charge is 2.32. The van der Waals surface area contributed by atoms with E-state index in [1.54, 1.807) is 20.1 Å². The van der Waals surface area contributed by atoms with Gasteiger partial charge in [0.05, 0.1) is 13.2 Å². The van der Waals surface area contributed by atoms with Gasteiger partial charge in [-0.3, -0.25) is 0 Å². The lowest BCUT2D eigenvalue weighted by molar-refractivity contribution is 0.414. The number of nitrogens with one attached hydrogen (secondary N) is 1. The van der Waals surface area contributed by atoms with Gasteiger partial charge in [0.1, 0.15) is 11.6 Å². The van der Waals surface area contributed by atoms with E-state index >= 15 is 0 Å². The molecule has 0 saturated heterocycles. The first-order chi connectivity index (χ1) is 10.2. The van der Waals surface area contributed by atoms with Crippen molar-refractivity contribution in [3.8, 4) is 5.75 Å². The normalized spacial score (nSPS) is 15.6. The van der Waals surface area contributed by atoms with Crippen molar-refractivity contribution in [2.24, 2.45) is 5.92 Å². The van der Waals surface area contributed by atoms with Crippen LogP contribution in [0.15, 0.2) is 42.5 Å². The fourth-order valence-electron chi connectivity index (χ4n) is 2.58. The van der Waals surface area contributed by atoms with Crippen LogP contribution in [0.1, 0.15) is 30.0 Å². The zero-order valence-corrected chi connectivity index (χ0v) is 12.4. The van der Waals surface area contributed by atoms with Crippen LogP contribution in [0.2, 0.25) is 0 Å². The predicted molar refractivity (Wildman–Crippen MR) is 83.2 cm³/mol. The van der Waals surface area contributed by atoms with Crippen LogP contribution in [0, 0.1) is 18.7 Å². The predicted octanol–water partition coefficient (Wildman–Crippen LogP) is 4.71. The molecule has 3 rings (SSSR count). The molecule has 0 spiro atoms. The lowest BCUT2D eigenvalue weighted by Crippen LogP contribution is -2.13. The molecule has 1 unspecified atom stereocenters. The van der Waals surface area contributed by atoms with Crippen LogP contribution in [0.3, 0.4) is 0 Å². The molecule has 0 bridgehead atoms. The van der Waals surface area contributed by atoms with Crippen LogP contribution in [-0.2, 0) is 0 Å². The topological polar surface area (TPSA) is 21.3 Å². The van der Waals surface area contributed by atoms with Crippen molar-refractivity contribution in [3.05, 3.63) is 59.4 Å². The van der Waals surface area contributed by atoms with E-state index in [4.69, 9.17) is 4.74 Å². The Morgan fingerprint density at radius 1 is 1.14 bits per heavy atom. The smallest absolute Gasteiger partial charge is 0.128 e. The van der Waals surface area contributed by atoms with Gasteiger partial charge in [-0.15, -0.1) is 0 Å². The lowest BCUT2D eigenvalue weighted by atomic mass is 10.0. The lowest BCUT2D eigenvalue weighted by Gasteiger charge is -2.20. The van der Waals surface area contributed by atoms with Gasteiger partial charge in [0.25, 0.3) is 0 Å². The van der Waals surface area contributed by atoms with E-state index in [0.717, 1.165) is 11.4 Å². The minimum absolute atomic E-state index is 0.163. The molecule has 2 nitrogen and oxygen atoms in total. The van der Waals surface area contributed by atoms with Crippen LogP contribution in [0.25, 0.3) is 0 Å². The van der Waals surface area contributed by atoms with E-state index in [9.17, 15) is 4.39 Å². The highest BCUT2D eigenvalue weighted by molar-refractivity contribution is 5.48. The largest absolute Gasteiger partial charge is 0.497 e. The molecule has 0 aliphatic heterocycles.